The molecule has 280 valence electrons. The third kappa shape index (κ3) is 5.13. The van der Waals surface area contributed by atoms with Gasteiger partial charge in [-0.1, -0.05) is 125 Å². The van der Waals surface area contributed by atoms with E-state index in [4.69, 9.17) is 4.74 Å². The van der Waals surface area contributed by atoms with Gasteiger partial charge < -0.3 is 9.64 Å². The van der Waals surface area contributed by atoms with Crippen molar-refractivity contribution in [3.05, 3.63) is 162 Å². The van der Waals surface area contributed by atoms with Crippen molar-refractivity contribution >= 4 is 17.1 Å². The Kier molecular flexibility index (Phi) is 7.61. The zero-order valence-electron chi connectivity index (χ0n) is 33.4. The molecule has 0 unspecified atom stereocenters. The summed E-state index contributed by atoms with van der Waals surface area (Å²) >= 11 is 0. The molecule has 0 N–H and O–H groups in total. The second-order valence-electron chi connectivity index (χ2n) is 19.2. The highest BCUT2D eigenvalue weighted by molar-refractivity contribution is 5.83. The van der Waals surface area contributed by atoms with Crippen LogP contribution in [0.2, 0.25) is 0 Å². The molecule has 0 amide bonds. The predicted molar refractivity (Wildman–Crippen MR) is 232 cm³/mol. The highest BCUT2D eigenvalue weighted by Crippen LogP contribution is 2.69. The van der Waals surface area contributed by atoms with Gasteiger partial charge >= 0.3 is 0 Å². The lowest BCUT2D eigenvalue weighted by atomic mass is 9.42. The Morgan fingerprint density at radius 1 is 0.464 bits per heavy atom. The first-order valence-corrected chi connectivity index (χ1v) is 21.3. The molecule has 1 spiro atoms. The zero-order valence-corrected chi connectivity index (χ0v) is 33.4. The molecule has 1 heterocycles. The van der Waals surface area contributed by atoms with Crippen molar-refractivity contribution in [1.82, 2.24) is 0 Å². The summed E-state index contributed by atoms with van der Waals surface area (Å²) in [5.74, 6) is 5.39. The topological polar surface area (TPSA) is 12.5 Å². The summed E-state index contributed by atoms with van der Waals surface area (Å²) in [5.41, 5.74) is 14.6. The van der Waals surface area contributed by atoms with Crippen LogP contribution in [0.1, 0.15) is 94.9 Å². The maximum atomic E-state index is 6.87. The van der Waals surface area contributed by atoms with E-state index in [1.54, 1.807) is 0 Å². The molecule has 6 aromatic rings. The van der Waals surface area contributed by atoms with Crippen LogP contribution >= 0.6 is 0 Å². The van der Waals surface area contributed by atoms with E-state index in [1.807, 2.05) is 0 Å². The van der Waals surface area contributed by atoms with E-state index in [0.717, 1.165) is 23.3 Å². The normalized spacial score (nSPS) is 25.9. The number of hydrogen-bond acceptors (Lipinski definition) is 2. The van der Waals surface area contributed by atoms with Crippen molar-refractivity contribution in [2.75, 3.05) is 4.90 Å². The molecule has 0 atom stereocenters. The summed E-state index contributed by atoms with van der Waals surface area (Å²) in [5, 5.41) is 0. The van der Waals surface area contributed by atoms with Crippen molar-refractivity contribution in [2.45, 2.75) is 88.9 Å². The van der Waals surface area contributed by atoms with E-state index in [9.17, 15) is 0 Å². The Bertz CT molecular complexity index is 2430. The number of nitrogens with zero attached hydrogens (tertiary/aromatic N) is 1. The second-order valence-corrected chi connectivity index (χ2v) is 19.2. The number of anilines is 3. The molecule has 4 bridgehead atoms. The lowest BCUT2D eigenvalue weighted by Gasteiger charge is -2.63. The van der Waals surface area contributed by atoms with Gasteiger partial charge in [0, 0.05) is 27.9 Å². The minimum atomic E-state index is 0.0555. The van der Waals surface area contributed by atoms with Crippen LogP contribution in [0.15, 0.2) is 140 Å². The molecule has 2 heteroatoms. The molecule has 12 rings (SSSR count). The number of para-hydroxylation sites is 1. The summed E-state index contributed by atoms with van der Waals surface area (Å²) < 4.78 is 6.87. The maximum absolute atomic E-state index is 6.87. The molecular formula is C54H53NO. The fourth-order valence-corrected chi connectivity index (χ4v) is 12.6. The summed E-state index contributed by atoms with van der Waals surface area (Å²) in [6.07, 6.45) is 9.30. The minimum Gasteiger partial charge on any atom is -0.457 e. The van der Waals surface area contributed by atoms with E-state index >= 15 is 0 Å². The maximum Gasteiger partial charge on any atom is 0.132 e. The van der Waals surface area contributed by atoms with Crippen LogP contribution in [-0.2, 0) is 16.2 Å². The molecule has 5 aliphatic carbocycles. The second kappa shape index (κ2) is 12.5. The number of benzene rings is 6. The van der Waals surface area contributed by atoms with E-state index in [2.05, 4.69) is 172 Å². The monoisotopic (exact) mass is 731 g/mol. The smallest absolute Gasteiger partial charge is 0.132 e. The number of ether oxygens (including phenoxy) is 1. The van der Waals surface area contributed by atoms with Gasteiger partial charge in [0.05, 0.1) is 5.69 Å². The average Bonchev–Trinajstić information content (AvgIpc) is 3.21. The van der Waals surface area contributed by atoms with Gasteiger partial charge in [0.1, 0.15) is 11.5 Å². The predicted octanol–water partition coefficient (Wildman–Crippen LogP) is 14.7. The lowest BCUT2D eigenvalue weighted by molar-refractivity contribution is -0.0452. The molecule has 2 nitrogen and oxygen atoms in total. The van der Waals surface area contributed by atoms with Crippen LogP contribution in [0, 0.1) is 23.7 Å². The van der Waals surface area contributed by atoms with Crippen LogP contribution in [-0.4, -0.2) is 0 Å². The molecule has 6 aliphatic rings. The summed E-state index contributed by atoms with van der Waals surface area (Å²) in [7, 11) is 0. The van der Waals surface area contributed by atoms with Gasteiger partial charge in [-0.05, 0) is 155 Å². The summed E-state index contributed by atoms with van der Waals surface area (Å²) in [4.78, 5) is 2.50. The molecule has 0 aromatic heterocycles. The van der Waals surface area contributed by atoms with Crippen LogP contribution in [0.4, 0.5) is 17.1 Å². The Morgan fingerprint density at radius 3 is 1.68 bits per heavy atom. The standard InChI is InChI=1S/C54H53NO/c1-52(2)27-28-53(3,4)51-47(52)14-10-15-48(51)55(43-22-17-38(18-23-43)37-11-6-5-7-12-37)44-24-19-39(20-25-44)40-21-26-46-50(34-40)56-49-16-9-8-13-45(49)54(46)41-30-35-29-36(32-41)33-42(54)31-35/h5-26,34-36,41-42H,27-33H2,1-4H3. The third-order valence-corrected chi connectivity index (χ3v) is 15.2. The van der Waals surface area contributed by atoms with Crippen LogP contribution < -0.4 is 9.64 Å². The Hall–Kier alpha value is -5.08. The van der Waals surface area contributed by atoms with E-state index in [1.165, 1.54) is 107 Å². The Labute approximate surface area is 333 Å². The van der Waals surface area contributed by atoms with Gasteiger partial charge in [-0.2, -0.15) is 0 Å². The van der Waals surface area contributed by atoms with Crippen LogP contribution in [0.5, 0.6) is 11.5 Å². The molecule has 0 radical (unpaired) electrons. The lowest BCUT2D eigenvalue weighted by Crippen LogP contribution is -2.56. The number of rotatable bonds is 5. The van der Waals surface area contributed by atoms with Crippen molar-refractivity contribution in [3.63, 3.8) is 0 Å². The molecule has 56 heavy (non-hydrogen) atoms. The fraction of sp³-hybridized carbons (Fsp3) is 0.333. The molecule has 4 saturated carbocycles. The fourth-order valence-electron chi connectivity index (χ4n) is 12.6. The first kappa shape index (κ1) is 34.2. The van der Waals surface area contributed by atoms with Crippen molar-refractivity contribution in [3.8, 4) is 33.8 Å². The molecule has 4 fully saturated rings. The highest BCUT2D eigenvalue weighted by atomic mass is 16.5. The SMILES string of the molecule is CC1(C)CCC(C)(C)c2c(N(c3ccc(-c4ccccc4)cc3)c3ccc(-c4ccc5c(c4)Oc4ccccc4C54C5CC6CC(C5)CC4C6)cc3)cccc21. The van der Waals surface area contributed by atoms with Crippen LogP contribution in [0.25, 0.3) is 22.3 Å². The number of hydrogen-bond donors (Lipinski definition) is 0. The Balaban J connectivity index is 1.00. The zero-order chi connectivity index (χ0) is 37.8. The van der Waals surface area contributed by atoms with Crippen molar-refractivity contribution in [2.24, 2.45) is 23.7 Å². The largest absolute Gasteiger partial charge is 0.457 e. The quantitative estimate of drug-likeness (QED) is 0.175. The highest BCUT2D eigenvalue weighted by Gasteiger charge is 2.61. The first-order chi connectivity index (χ1) is 27.2. The van der Waals surface area contributed by atoms with Gasteiger partial charge in [0.25, 0.3) is 0 Å². The van der Waals surface area contributed by atoms with Crippen molar-refractivity contribution < 1.29 is 4.74 Å². The van der Waals surface area contributed by atoms with Gasteiger partial charge in [0.15, 0.2) is 0 Å². The van der Waals surface area contributed by atoms with Gasteiger partial charge in [0.2, 0.25) is 0 Å². The van der Waals surface area contributed by atoms with Gasteiger partial charge in [-0.25, -0.2) is 0 Å². The minimum absolute atomic E-state index is 0.0555. The third-order valence-electron chi connectivity index (χ3n) is 15.2. The number of fused-ring (bicyclic) bond motifs is 3. The molecule has 1 aliphatic heterocycles. The summed E-state index contributed by atoms with van der Waals surface area (Å²) in [6, 6.07) is 52.4. The molecular weight excluding hydrogens is 679 g/mol. The van der Waals surface area contributed by atoms with Gasteiger partial charge in [-0.15, -0.1) is 0 Å². The molecule has 0 saturated heterocycles. The van der Waals surface area contributed by atoms with E-state index < -0.39 is 0 Å². The van der Waals surface area contributed by atoms with Crippen LogP contribution in [0.3, 0.4) is 0 Å². The summed E-state index contributed by atoms with van der Waals surface area (Å²) in [6.45, 7) is 9.72. The van der Waals surface area contributed by atoms with Gasteiger partial charge in [-0.3, -0.25) is 0 Å². The average molecular weight is 732 g/mol. The van der Waals surface area contributed by atoms with E-state index in [-0.39, 0.29) is 16.2 Å². The first-order valence-electron chi connectivity index (χ1n) is 21.3. The van der Waals surface area contributed by atoms with Crippen molar-refractivity contribution in [1.29, 1.82) is 0 Å². The molecule has 6 aromatic carbocycles. The van der Waals surface area contributed by atoms with E-state index in [0.29, 0.717) is 11.8 Å². The Morgan fingerprint density at radius 2 is 1.00 bits per heavy atom.